The van der Waals surface area contributed by atoms with Crippen LogP contribution in [0.5, 0.6) is 0 Å². The zero-order valence-corrected chi connectivity index (χ0v) is 4.41. The number of hydrogen-bond acceptors (Lipinski definition) is 2. The fourth-order valence-corrected chi connectivity index (χ4v) is 0. The summed E-state index contributed by atoms with van der Waals surface area (Å²) in [4.78, 5) is 0. The summed E-state index contributed by atoms with van der Waals surface area (Å²) in [6, 6.07) is 1.69. The predicted octanol–water partition coefficient (Wildman–Crippen LogP) is 1.09. The van der Waals surface area contributed by atoms with E-state index in [1.54, 1.807) is 6.07 Å². The van der Waals surface area contributed by atoms with Crippen LogP contribution in [0.4, 0.5) is 0 Å². The highest BCUT2D eigenvalue weighted by Gasteiger charge is 1.34. The SMILES string of the molecule is C#C.C#N.C=CC#N. The Balaban J connectivity index is -0.0000000542. The second-order valence-electron chi connectivity index (χ2n) is 0.333. The molecule has 40 valence electrons. The highest BCUT2D eigenvalue weighted by atomic mass is 14.2. The van der Waals surface area contributed by atoms with Gasteiger partial charge in [-0.05, 0) is 0 Å². The van der Waals surface area contributed by atoms with Gasteiger partial charge >= 0.3 is 0 Å². The van der Waals surface area contributed by atoms with Crippen LogP contribution in [0.3, 0.4) is 0 Å². The van der Waals surface area contributed by atoms with Crippen LogP contribution in [0, 0.1) is 36.0 Å². The monoisotopic (exact) mass is 106 g/mol. The summed E-state index contributed by atoms with van der Waals surface area (Å²) < 4.78 is 0. The van der Waals surface area contributed by atoms with Crippen LogP contribution in [0.25, 0.3) is 0 Å². The molecule has 0 rings (SSSR count). The maximum absolute atomic E-state index is 7.51. The van der Waals surface area contributed by atoms with Crippen molar-refractivity contribution in [3.63, 3.8) is 0 Å². The zero-order valence-electron chi connectivity index (χ0n) is 4.41. The van der Waals surface area contributed by atoms with Gasteiger partial charge in [0.1, 0.15) is 0 Å². The molecule has 0 saturated heterocycles. The van der Waals surface area contributed by atoms with E-state index in [0.29, 0.717) is 0 Å². The number of rotatable bonds is 0. The molecule has 0 aliphatic carbocycles. The molecule has 0 fully saturated rings. The zero-order chi connectivity index (χ0) is 7.41. The Bertz CT molecular complexity index is 96.7. The molecule has 2 nitrogen and oxygen atoms in total. The molecule has 0 heterocycles. The van der Waals surface area contributed by atoms with Crippen LogP contribution in [-0.2, 0) is 0 Å². The van der Waals surface area contributed by atoms with Gasteiger partial charge in [-0.25, -0.2) is 5.26 Å². The number of nitrogens with zero attached hydrogens (tertiary/aromatic N) is 2. The van der Waals surface area contributed by atoms with E-state index in [0.717, 1.165) is 0 Å². The minimum atomic E-state index is 1.18. The summed E-state index contributed by atoms with van der Waals surface area (Å²) in [6.45, 7) is 6.62. The van der Waals surface area contributed by atoms with E-state index in [4.69, 9.17) is 10.5 Å². The third-order valence-electron chi connectivity index (χ3n) is 0.0913. The van der Waals surface area contributed by atoms with Gasteiger partial charge in [0.05, 0.1) is 6.07 Å². The molecule has 0 atom stereocenters. The van der Waals surface area contributed by atoms with Gasteiger partial charge in [0.15, 0.2) is 0 Å². The molecule has 0 amide bonds. The van der Waals surface area contributed by atoms with Crippen molar-refractivity contribution in [3.05, 3.63) is 12.7 Å². The van der Waals surface area contributed by atoms with Gasteiger partial charge in [0.25, 0.3) is 0 Å². The van der Waals surface area contributed by atoms with Gasteiger partial charge in [-0.2, -0.15) is 5.26 Å². The van der Waals surface area contributed by atoms with Crippen molar-refractivity contribution in [2.45, 2.75) is 0 Å². The van der Waals surface area contributed by atoms with Crippen molar-refractivity contribution < 1.29 is 0 Å². The minimum absolute atomic E-state index is 1.18. The predicted molar refractivity (Wildman–Crippen MR) is 32.4 cm³/mol. The van der Waals surface area contributed by atoms with Crippen molar-refractivity contribution in [2.75, 3.05) is 0 Å². The van der Waals surface area contributed by atoms with Gasteiger partial charge in [-0.3, -0.25) is 0 Å². The maximum atomic E-state index is 7.51. The van der Waals surface area contributed by atoms with Crippen LogP contribution in [-0.4, -0.2) is 0 Å². The highest BCUT2D eigenvalue weighted by molar-refractivity contribution is 4.93. The molecule has 0 aromatic heterocycles. The molecule has 0 spiro atoms. The smallest absolute Gasteiger partial charge is 0.0905 e. The van der Waals surface area contributed by atoms with Crippen molar-refractivity contribution in [1.29, 1.82) is 10.5 Å². The number of terminal acetylenes is 1. The van der Waals surface area contributed by atoms with E-state index in [-0.39, 0.29) is 0 Å². The lowest BCUT2D eigenvalue weighted by molar-refractivity contribution is 1.54. The molecule has 0 N–H and O–H groups in total. The number of allylic oxidation sites excluding steroid dienone is 1. The summed E-state index contributed by atoms with van der Waals surface area (Å²) in [5, 5.41) is 14.0. The third kappa shape index (κ3) is 88.8. The lowest BCUT2D eigenvalue weighted by Crippen LogP contribution is -1.23. The fraction of sp³-hybridized carbons (Fsp3) is 0. The molecule has 0 aliphatic rings. The first-order valence-electron chi connectivity index (χ1n) is 1.51. The Morgan fingerprint density at radius 3 is 1.50 bits per heavy atom. The normalized spacial score (nSPS) is 2.38. The largest absolute Gasteiger partial charge is 0.202 e. The van der Waals surface area contributed by atoms with Crippen molar-refractivity contribution in [2.24, 2.45) is 0 Å². The van der Waals surface area contributed by atoms with Gasteiger partial charge in [0, 0.05) is 12.6 Å². The van der Waals surface area contributed by atoms with Crippen LogP contribution in [0.15, 0.2) is 12.7 Å². The maximum Gasteiger partial charge on any atom is 0.0905 e. The molecular formula is C6H6N2. The molecule has 0 aliphatic heterocycles. The molecular weight excluding hydrogens is 100 g/mol. The Labute approximate surface area is 49.7 Å². The van der Waals surface area contributed by atoms with Crippen molar-refractivity contribution >= 4 is 0 Å². The van der Waals surface area contributed by atoms with Crippen LogP contribution < -0.4 is 0 Å². The van der Waals surface area contributed by atoms with Crippen molar-refractivity contribution in [3.8, 4) is 25.5 Å². The van der Waals surface area contributed by atoms with Crippen LogP contribution in [0.2, 0.25) is 0 Å². The number of nitriles is 2. The van der Waals surface area contributed by atoms with Crippen LogP contribution >= 0.6 is 0 Å². The Hall–Kier alpha value is -1.72. The topological polar surface area (TPSA) is 47.6 Å². The van der Waals surface area contributed by atoms with Crippen LogP contribution in [0.1, 0.15) is 0 Å². The lowest BCUT2D eigenvalue weighted by Gasteiger charge is -1.31. The van der Waals surface area contributed by atoms with E-state index in [2.05, 4.69) is 26.0 Å². The van der Waals surface area contributed by atoms with E-state index in [1.807, 2.05) is 0 Å². The Morgan fingerprint density at radius 2 is 1.50 bits per heavy atom. The summed E-state index contributed by atoms with van der Waals surface area (Å²) in [6.07, 6.45) is 9.18. The quantitative estimate of drug-likeness (QED) is 0.342. The molecule has 0 aromatic rings. The highest BCUT2D eigenvalue weighted by Crippen LogP contribution is 1.41. The Morgan fingerprint density at radius 1 is 1.38 bits per heavy atom. The third-order valence-corrected chi connectivity index (χ3v) is 0.0913. The van der Waals surface area contributed by atoms with E-state index < -0.39 is 0 Å². The second kappa shape index (κ2) is 1230. The first kappa shape index (κ1) is 16.3. The minimum Gasteiger partial charge on any atom is -0.202 e. The molecule has 0 aromatic carbocycles. The fourth-order valence-electron chi connectivity index (χ4n) is 0. The number of hydrogen-bond donors (Lipinski definition) is 0. The molecule has 0 saturated carbocycles. The molecule has 8 heavy (non-hydrogen) atoms. The molecule has 2 heteroatoms. The first-order chi connectivity index (χ1) is 3.91. The van der Waals surface area contributed by atoms with Crippen molar-refractivity contribution in [1.82, 2.24) is 0 Å². The summed E-state index contributed by atoms with van der Waals surface area (Å²) in [5.74, 6) is 0. The Kier molecular flexibility index (Phi) is 2510. The van der Waals surface area contributed by atoms with E-state index >= 15 is 0 Å². The second-order valence-corrected chi connectivity index (χ2v) is 0.333. The summed E-state index contributed by atoms with van der Waals surface area (Å²) in [7, 11) is 0. The molecule has 0 unspecified atom stereocenters. The standard InChI is InChI=1S/C3H3N.C2H2.CHN/c1-2-3-4;2*1-2/h2H,1H2;1-2H;1H. The molecule has 0 bridgehead atoms. The lowest BCUT2D eigenvalue weighted by atomic mass is 10.8. The summed E-state index contributed by atoms with van der Waals surface area (Å²) >= 11 is 0. The van der Waals surface area contributed by atoms with Gasteiger partial charge in [-0.1, -0.05) is 6.58 Å². The van der Waals surface area contributed by atoms with Gasteiger partial charge < -0.3 is 0 Å². The van der Waals surface area contributed by atoms with Gasteiger partial charge in [-0.15, -0.1) is 12.8 Å². The van der Waals surface area contributed by atoms with E-state index in [1.165, 1.54) is 6.08 Å². The summed E-state index contributed by atoms with van der Waals surface area (Å²) in [5.41, 5.74) is 0. The first-order valence-corrected chi connectivity index (χ1v) is 1.51. The average Bonchev–Trinajstić information content (AvgIpc) is 1.96. The van der Waals surface area contributed by atoms with E-state index in [9.17, 15) is 0 Å². The average molecular weight is 106 g/mol. The molecule has 0 radical (unpaired) electrons. The van der Waals surface area contributed by atoms with Gasteiger partial charge in [0.2, 0.25) is 0 Å².